The van der Waals surface area contributed by atoms with Crippen LogP contribution in [0.15, 0.2) is 36.5 Å². The van der Waals surface area contributed by atoms with Crippen LogP contribution in [0, 0.1) is 11.8 Å². The zero-order valence-corrected chi connectivity index (χ0v) is 13.7. The van der Waals surface area contributed by atoms with Crippen molar-refractivity contribution in [3.63, 3.8) is 0 Å². The highest BCUT2D eigenvalue weighted by Gasteiger charge is 2.52. The Balaban J connectivity index is 1.37. The van der Waals surface area contributed by atoms with Gasteiger partial charge in [-0.1, -0.05) is 37.3 Å². The van der Waals surface area contributed by atoms with Gasteiger partial charge in [0.15, 0.2) is 0 Å². The van der Waals surface area contributed by atoms with Gasteiger partial charge in [0.2, 0.25) is 5.91 Å². The molecule has 1 fully saturated rings. The van der Waals surface area contributed by atoms with Gasteiger partial charge in [-0.05, 0) is 17.4 Å². The van der Waals surface area contributed by atoms with Gasteiger partial charge in [-0.15, -0.1) is 0 Å². The van der Waals surface area contributed by atoms with Crippen LogP contribution in [0.1, 0.15) is 35.5 Å². The first-order valence-electron chi connectivity index (χ1n) is 8.48. The molecular weight excluding hydrogens is 302 g/mol. The number of nitrogens with zero attached hydrogens (tertiary/aromatic N) is 2. The minimum absolute atomic E-state index is 0.0541. The molecule has 2 aromatic rings. The quantitative estimate of drug-likeness (QED) is 0.937. The molecule has 5 heteroatoms. The van der Waals surface area contributed by atoms with Gasteiger partial charge in [0, 0.05) is 24.1 Å². The Labute approximate surface area is 141 Å². The first-order chi connectivity index (χ1) is 11.7. The average molecular weight is 323 g/mol. The number of aromatic nitrogens is 2. The van der Waals surface area contributed by atoms with E-state index in [0.717, 1.165) is 17.7 Å². The number of hydrogen-bond acceptors (Lipinski definition) is 4. The molecule has 0 saturated heterocycles. The summed E-state index contributed by atoms with van der Waals surface area (Å²) < 4.78 is 5.39. The fraction of sp³-hybridized carbons (Fsp3) is 0.421. The Kier molecular flexibility index (Phi) is 4.02. The first-order valence-corrected chi connectivity index (χ1v) is 8.48. The zero-order valence-electron chi connectivity index (χ0n) is 13.7. The first kappa shape index (κ1) is 15.3. The van der Waals surface area contributed by atoms with E-state index in [9.17, 15) is 4.79 Å². The van der Waals surface area contributed by atoms with Crippen molar-refractivity contribution in [1.82, 2.24) is 15.3 Å². The summed E-state index contributed by atoms with van der Waals surface area (Å²) in [5, 5.41) is 3.00. The molecule has 1 N–H and O–H groups in total. The van der Waals surface area contributed by atoms with Gasteiger partial charge in [0.1, 0.15) is 5.82 Å². The van der Waals surface area contributed by atoms with E-state index in [-0.39, 0.29) is 11.8 Å². The summed E-state index contributed by atoms with van der Waals surface area (Å²) in [6, 6.07) is 10.3. The van der Waals surface area contributed by atoms with E-state index in [2.05, 4.69) is 34.3 Å². The molecule has 1 aliphatic carbocycles. The lowest BCUT2D eigenvalue weighted by atomic mass is 10.1. The van der Waals surface area contributed by atoms with Crippen molar-refractivity contribution < 1.29 is 9.53 Å². The summed E-state index contributed by atoms with van der Waals surface area (Å²) >= 11 is 0. The van der Waals surface area contributed by atoms with E-state index in [4.69, 9.17) is 4.74 Å². The molecule has 3 unspecified atom stereocenters. The normalized spacial score (nSPS) is 25.0. The number of carbonyl (C=O) groups excluding carboxylic acids is 1. The number of ether oxygens (including phenoxy) is 1. The number of hydrogen-bond donors (Lipinski definition) is 1. The number of amides is 1. The topological polar surface area (TPSA) is 64.1 Å². The Bertz CT molecular complexity index is 748. The lowest BCUT2D eigenvalue weighted by molar-refractivity contribution is -0.122. The number of fused-ring (bicyclic) bond motifs is 1. The van der Waals surface area contributed by atoms with Crippen molar-refractivity contribution in [3.8, 4) is 0 Å². The van der Waals surface area contributed by atoms with Crippen LogP contribution >= 0.6 is 0 Å². The van der Waals surface area contributed by atoms with Crippen LogP contribution in [0.2, 0.25) is 0 Å². The standard InChI is InChI=1S/C19H21N3O2/c1-12-17(13-5-3-2-4-6-13)18(12)19(23)21-10-16-20-9-14-11-24-8-7-15(14)22-16/h2-6,9,12,17-18H,7-8,10-11H2,1H3,(H,21,23). The molecule has 2 heterocycles. The van der Waals surface area contributed by atoms with Gasteiger partial charge >= 0.3 is 0 Å². The van der Waals surface area contributed by atoms with Crippen molar-refractivity contribution >= 4 is 5.91 Å². The van der Waals surface area contributed by atoms with Crippen LogP contribution in [0.4, 0.5) is 0 Å². The zero-order chi connectivity index (χ0) is 16.5. The smallest absolute Gasteiger partial charge is 0.224 e. The molecule has 0 spiro atoms. The van der Waals surface area contributed by atoms with Crippen LogP contribution in [0.25, 0.3) is 0 Å². The Morgan fingerprint density at radius 2 is 2.17 bits per heavy atom. The Hall–Kier alpha value is -2.27. The highest BCUT2D eigenvalue weighted by Crippen LogP contribution is 2.53. The number of benzene rings is 1. The molecule has 124 valence electrons. The van der Waals surface area contributed by atoms with E-state index < -0.39 is 0 Å². The summed E-state index contributed by atoms with van der Waals surface area (Å²) in [4.78, 5) is 21.4. The van der Waals surface area contributed by atoms with E-state index in [0.29, 0.717) is 37.4 Å². The predicted octanol–water partition coefficient (Wildman–Crippen LogP) is 2.22. The Morgan fingerprint density at radius 3 is 3.00 bits per heavy atom. The van der Waals surface area contributed by atoms with Crippen molar-refractivity contribution in [2.75, 3.05) is 6.61 Å². The minimum Gasteiger partial charge on any atom is -0.376 e. The molecule has 3 atom stereocenters. The highest BCUT2D eigenvalue weighted by molar-refractivity contribution is 5.83. The third-order valence-corrected chi connectivity index (χ3v) is 5.03. The molecule has 24 heavy (non-hydrogen) atoms. The molecular formula is C19H21N3O2. The van der Waals surface area contributed by atoms with E-state index >= 15 is 0 Å². The molecule has 1 aromatic carbocycles. The van der Waals surface area contributed by atoms with E-state index in [1.54, 1.807) is 0 Å². The van der Waals surface area contributed by atoms with Crippen LogP contribution in [0.3, 0.4) is 0 Å². The largest absolute Gasteiger partial charge is 0.376 e. The van der Waals surface area contributed by atoms with Gasteiger partial charge in [-0.3, -0.25) is 4.79 Å². The van der Waals surface area contributed by atoms with E-state index in [1.807, 2.05) is 24.4 Å². The van der Waals surface area contributed by atoms with Crippen LogP contribution in [-0.4, -0.2) is 22.5 Å². The second kappa shape index (κ2) is 6.32. The third-order valence-electron chi connectivity index (χ3n) is 5.03. The average Bonchev–Trinajstić information content (AvgIpc) is 3.31. The fourth-order valence-electron chi connectivity index (χ4n) is 3.59. The molecule has 0 bridgehead atoms. The second-order valence-electron chi connectivity index (χ2n) is 6.60. The minimum atomic E-state index is 0.0541. The molecule has 1 saturated carbocycles. The summed E-state index contributed by atoms with van der Waals surface area (Å²) in [5.74, 6) is 1.54. The maximum absolute atomic E-state index is 12.5. The van der Waals surface area contributed by atoms with Gasteiger partial charge < -0.3 is 10.1 Å². The molecule has 1 aromatic heterocycles. The summed E-state index contributed by atoms with van der Waals surface area (Å²) in [6.45, 7) is 3.81. The molecule has 1 aliphatic heterocycles. The van der Waals surface area contributed by atoms with Gasteiger partial charge in [0.25, 0.3) is 0 Å². The molecule has 2 aliphatic rings. The number of nitrogens with one attached hydrogen (secondary N) is 1. The van der Waals surface area contributed by atoms with Gasteiger partial charge in [0.05, 0.1) is 25.5 Å². The molecule has 5 nitrogen and oxygen atoms in total. The van der Waals surface area contributed by atoms with Crippen molar-refractivity contribution in [3.05, 3.63) is 59.2 Å². The summed E-state index contributed by atoms with van der Waals surface area (Å²) in [7, 11) is 0. The maximum atomic E-state index is 12.5. The predicted molar refractivity (Wildman–Crippen MR) is 89.1 cm³/mol. The third kappa shape index (κ3) is 2.91. The highest BCUT2D eigenvalue weighted by atomic mass is 16.5. The van der Waals surface area contributed by atoms with Gasteiger partial charge in [-0.25, -0.2) is 9.97 Å². The molecule has 0 radical (unpaired) electrons. The van der Waals surface area contributed by atoms with Crippen LogP contribution < -0.4 is 5.32 Å². The lowest BCUT2D eigenvalue weighted by Gasteiger charge is -2.15. The van der Waals surface area contributed by atoms with Crippen molar-refractivity contribution in [2.24, 2.45) is 11.8 Å². The van der Waals surface area contributed by atoms with Crippen LogP contribution in [0.5, 0.6) is 0 Å². The SMILES string of the molecule is CC1C(C(=O)NCc2ncc3c(n2)CCOC3)C1c1ccccc1. The molecule has 1 amide bonds. The maximum Gasteiger partial charge on any atom is 0.224 e. The molecule has 4 rings (SSSR count). The lowest BCUT2D eigenvalue weighted by Crippen LogP contribution is -2.27. The van der Waals surface area contributed by atoms with Crippen molar-refractivity contribution in [2.45, 2.75) is 32.4 Å². The van der Waals surface area contributed by atoms with Gasteiger partial charge in [-0.2, -0.15) is 0 Å². The summed E-state index contributed by atoms with van der Waals surface area (Å²) in [5.41, 5.74) is 3.34. The monoisotopic (exact) mass is 323 g/mol. The van der Waals surface area contributed by atoms with E-state index in [1.165, 1.54) is 5.56 Å². The fourth-order valence-corrected chi connectivity index (χ4v) is 3.59. The Morgan fingerprint density at radius 1 is 1.33 bits per heavy atom. The van der Waals surface area contributed by atoms with Crippen molar-refractivity contribution in [1.29, 1.82) is 0 Å². The second-order valence-corrected chi connectivity index (χ2v) is 6.60. The van der Waals surface area contributed by atoms with Crippen LogP contribution in [-0.2, 0) is 29.1 Å². The number of rotatable bonds is 4. The number of carbonyl (C=O) groups is 1. The summed E-state index contributed by atoms with van der Waals surface area (Å²) in [6.07, 6.45) is 2.63.